The van der Waals surface area contributed by atoms with Crippen LogP contribution in [0, 0.1) is 6.92 Å². The summed E-state index contributed by atoms with van der Waals surface area (Å²) in [5, 5.41) is 8.28. The molecule has 1 heterocycles. The van der Waals surface area contributed by atoms with Gasteiger partial charge in [0.25, 0.3) is 0 Å². The fourth-order valence-corrected chi connectivity index (χ4v) is 2.35. The van der Waals surface area contributed by atoms with Crippen molar-refractivity contribution in [3.8, 4) is 0 Å². The molecule has 1 aromatic carbocycles. The molecule has 0 saturated heterocycles. The average Bonchev–Trinajstić information content (AvgIpc) is 2.74. The lowest BCUT2D eigenvalue weighted by Crippen LogP contribution is -2.15. The van der Waals surface area contributed by atoms with Crippen LogP contribution in [0.2, 0.25) is 0 Å². The van der Waals surface area contributed by atoms with Gasteiger partial charge in [0.1, 0.15) is 0 Å². The zero-order valence-electron chi connectivity index (χ0n) is 11.3. The standard InChI is InChI=1S/C14H15N3O2S/c1-9(18)15-11-4-3-5-12(6-11)17-14(19)7-13-8-20-10(2)16-13/h3-6,8H,7H2,1-2H3,(H,15,18)(H,17,19). The first-order valence-electron chi connectivity index (χ1n) is 6.11. The van der Waals surface area contributed by atoms with Crippen LogP contribution in [-0.4, -0.2) is 16.8 Å². The molecule has 0 atom stereocenters. The number of hydrogen-bond acceptors (Lipinski definition) is 4. The van der Waals surface area contributed by atoms with Gasteiger partial charge >= 0.3 is 0 Å². The van der Waals surface area contributed by atoms with E-state index in [9.17, 15) is 9.59 Å². The topological polar surface area (TPSA) is 71.1 Å². The van der Waals surface area contributed by atoms with Crippen molar-refractivity contribution in [2.75, 3.05) is 10.6 Å². The number of thiazole rings is 1. The highest BCUT2D eigenvalue weighted by molar-refractivity contribution is 7.09. The fraction of sp³-hybridized carbons (Fsp3) is 0.214. The number of benzene rings is 1. The van der Waals surface area contributed by atoms with Crippen molar-refractivity contribution >= 4 is 34.5 Å². The second kappa shape index (κ2) is 6.29. The molecule has 0 bridgehead atoms. The Bertz CT molecular complexity index is 637. The number of aryl methyl sites for hydroxylation is 1. The Morgan fingerprint density at radius 3 is 2.55 bits per heavy atom. The van der Waals surface area contributed by atoms with Crippen LogP contribution in [0.5, 0.6) is 0 Å². The highest BCUT2D eigenvalue weighted by Gasteiger charge is 2.07. The first kappa shape index (κ1) is 14.2. The number of anilines is 2. The van der Waals surface area contributed by atoms with Gasteiger partial charge < -0.3 is 10.6 Å². The first-order chi connectivity index (χ1) is 9.52. The Hall–Kier alpha value is -2.21. The largest absolute Gasteiger partial charge is 0.326 e. The molecular weight excluding hydrogens is 274 g/mol. The highest BCUT2D eigenvalue weighted by atomic mass is 32.1. The van der Waals surface area contributed by atoms with Gasteiger partial charge in [0, 0.05) is 23.7 Å². The van der Waals surface area contributed by atoms with Crippen LogP contribution in [0.15, 0.2) is 29.6 Å². The molecule has 0 spiro atoms. The Labute approximate surface area is 121 Å². The monoisotopic (exact) mass is 289 g/mol. The van der Waals surface area contributed by atoms with Gasteiger partial charge in [-0.25, -0.2) is 4.98 Å². The lowest BCUT2D eigenvalue weighted by atomic mass is 10.2. The van der Waals surface area contributed by atoms with Crippen LogP contribution < -0.4 is 10.6 Å². The van der Waals surface area contributed by atoms with Crippen LogP contribution in [0.1, 0.15) is 17.6 Å². The molecule has 0 radical (unpaired) electrons. The zero-order valence-corrected chi connectivity index (χ0v) is 12.1. The highest BCUT2D eigenvalue weighted by Crippen LogP contribution is 2.16. The molecule has 0 fully saturated rings. The van der Waals surface area contributed by atoms with Gasteiger partial charge in [-0.2, -0.15) is 0 Å². The van der Waals surface area contributed by atoms with Gasteiger partial charge in [-0.05, 0) is 25.1 Å². The number of hydrogen-bond donors (Lipinski definition) is 2. The molecule has 6 heteroatoms. The van der Waals surface area contributed by atoms with Gasteiger partial charge in [-0.1, -0.05) is 6.07 Å². The van der Waals surface area contributed by atoms with Crippen LogP contribution in [0.25, 0.3) is 0 Å². The van der Waals surface area contributed by atoms with E-state index in [0.717, 1.165) is 10.7 Å². The Kier molecular flexibility index (Phi) is 4.47. The van der Waals surface area contributed by atoms with E-state index < -0.39 is 0 Å². The van der Waals surface area contributed by atoms with Crippen molar-refractivity contribution in [3.05, 3.63) is 40.3 Å². The summed E-state index contributed by atoms with van der Waals surface area (Å²) in [6, 6.07) is 7.02. The Balaban J connectivity index is 1.98. The molecule has 5 nitrogen and oxygen atoms in total. The smallest absolute Gasteiger partial charge is 0.230 e. The van der Waals surface area contributed by atoms with E-state index in [0.29, 0.717) is 11.4 Å². The van der Waals surface area contributed by atoms with E-state index in [2.05, 4.69) is 15.6 Å². The maximum atomic E-state index is 11.9. The SMILES string of the molecule is CC(=O)Nc1cccc(NC(=O)Cc2csc(C)n2)c1. The van der Waals surface area contributed by atoms with Gasteiger partial charge in [0.05, 0.1) is 17.1 Å². The Morgan fingerprint density at radius 2 is 1.95 bits per heavy atom. The maximum Gasteiger partial charge on any atom is 0.230 e. The second-order valence-corrected chi connectivity index (χ2v) is 5.41. The summed E-state index contributed by atoms with van der Waals surface area (Å²) in [7, 11) is 0. The summed E-state index contributed by atoms with van der Waals surface area (Å²) < 4.78 is 0. The van der Waals surface area contributed by atoms with Crippen LogP contribution in [0.4, 0.5) is 11.4 Å². The number of carbonyl (C=O) groups excluding carboxylic acids is 2. The van der Waals surface area contributed by atoms with Gasteiger partial charge in [0.2, 0.25) is 11.8 Å². The molecular formula is C14H15N3O2S. The minimum absolute atomic E-state index is 0.129. The van der Waals surface area contributed by atoms with Crippen molar-refractivity contribution in [3.63, 3.8) is 0 Å². The van der Waals surface area contributed by atoms with Crippen molar-refractivity contribution < 1.29 is 9.59 Å². The molecule has 2 rings (SSSR count). The fourth-order valence-electron chi connectivity index (χ4n) is 1.74. The molecule has 0 aliphatic heterocycles. The van der Waals surface area contributed by atoms with Crippen LogP contribution in [-0.2, 0) is 16.0 Å². The maximum absolute atomic E-state index is 11.9. The molecule has 20 heavy (non-hydrogen) atoms. The molecule has 0 unspecified atom stereocenters. The molecule has 0 aliphatic rings. The van der Waals surface area contributed by atoms with Crippen molar-refractivity contribution in [2.45, 2.75) is 20.3 Å². The molecule has 2 amide bonds. The molecule has 1 aromatic heterocycles. The number of aromatic nitrogens is 1. The number of amides is 2. The van der Waals surface area contributed by atoms with E-state index >= 15 is 0 Å². The molecule has 2 N–H and O–H groups in total. The minimum Gasteiger partial charge on any atom is -0.326 e. The molecule has 2 aromatic rings. The summed E-state index contributed by atoms with van der Waals surface area (Å²) in [6.07, 6.45) is 0.245. The molecule has 0 aliphatic carbocycles. The van der Waals surface area contributed by atoms with Crippen LogP contribution in [0.3, 0.4) is 0 Å². The normalized spacial score (nSPS) is 10.1. The summed E-state index contributed by atoms with van der Waals surface area (Å²) in [5.74, 6) is -0.276. The van der Waals surface area contributed by atoms with E-state index in [-0.39, 0.29) is 18.2 Å². The average molecular weight is 289 g/mol. The van der Waals surface area contributed by atoms with Gasteiger partial charge in [0.15, 0.2) is 0 Å². The predicted octanol–water partition coefficient (Wildman–Crippen LogP) is 2.59. The second-order valence-electron chi connectivity index (χ2n) is 4.34. The Morgan fingerprint density at radius 1 is 1.25 bits per heavy atom. The third-order valence-corrected chi connectivity index (χ3v) is 3.30. The third-order valence-electron chi connectivity index (χ3n) is 2.47. The summed E-state index contributed by atoms with van der Waals surface area (Å²) in [6.45, 7) is 3.35. The summed E-state index contributed by atoms with van der Waals surface area (Å²) in [5.41, 5.74) is 2.07. The third kappa shape index (κ3) is 4.17. The summed E-state index contributed by atoms with van der Waals surface area (Å²) >= 11 is 1.52. The van der Waals surface area contributed by atoms with Crippen LogP contribution >= 0.6 is 11.3 Å². The van der Waals surface area contributed by atoms with E-state index in [1.165, 1.54) is 18.3 Å². The zero-order chi connectivity index (χ0) is 14.5. The quantitative estimate of drug-likeness (QED) is 0.908. The number of nitrogens with zero attached hydrogens (tertiary/aromatic N) is 1. The van der Waals surface area contributed by atoms with Gasteiger partial charge in [-0.3, -0.25) is 9.59 Å². The number of carbonyl (C=O) groups is 2. The molecule has 0 saturated carbocycles. The predicted molar refractivity (Wildman–Crippen MR) is 79.9 cm³/mol. The van der Waals surface area contributed by atoms with Gasteiger partial charge in [-0.15, -0.1) is 11.3 Å². The van der Waals surface area contributed by atoms with Crippen molar-refractivity contribution in [1.29, 1.82) is 0 Å². The lowest BCUT2D eigenvalue weighted by Gasteiger charge is -2.07. The van der Waals surface area contributed by atoms with E-state index in [1.54, 1.807) is 24.3 Å². The lowest BCUT2D eigenvalue weighted by molar-refractivity contribution is -0.116. The molecule has 104 valence electrons. The van der Waals surface area contributed by atoms with Crippen molar-refractivity contribution in [2.24, 2.45) is 0 Å². The van der Waals surface area contributed by atoms with E-state index in [1.807, 2.05) is 12.3 Å². The number of nitrogens with one attached hydrogen (secondary N) is 2. The van der Waals surface area contributed by atoms with E-state index in [4.69, 9.17) is 0 Å². The number of rotatable bonds is 4. The first-order valence-corrected chi connectivity index (χ1v) is 6.99. The summed E-state index contributed by atoms with van der Waals surface area (Å²) in [4.78, 5) is 27.1. The minimum atomic E-state index is -0.147. The van der Waals surface area contributed by atoms with Crippen molar-refractivity contribution in [1.82, 2.24) is 4.98 Å².